The lowest BCUT2D eigenvalue weighted by molar-refractivity contribution is -0.141. The fourth-order valence-electron chi connectivity index (χ4n) is 1.39. The van der Waals surface area contributed by atoms with Gasteiger partial charge in [0.25, 0.3) is 0 Å². The summed E-state index contributed by atoms with van der Waals surface area (Å²) in [6.07, 6.45) is 1.95. The highest BCUT2D eigenvalue weighted by atomic mass is 79.9. The van der Waals surface area contributed by atoms with E-state index in [9.17, 15) is 4.79 Å². The Morgan fingerprint density at radius 3 is 2.82 bits per heavy atom. The summed E-state index contributed by atoms with van der Waals surface area (Å²) in [6.45, 7) is 4.79. The molecule has 1 aromatic rings. The summed E-state index contributed by atoms with van der Waals surface area (Å²) in [5.74, 6) is -0.212. The monoisotopic (exact) mass is 299 g/mol. The molecule has 0 bridgehead atoms. The van der Waals surface area contributed by atoms with Gasteiger partial charge in [0.05, 0.1) is 6.61 Å². The van der Waals surface area contributed by atoms with Crippen LogP contribution in [0.3, 0.4) is 0 Å². The highest BCUT2D eigenvalue weighted by Crippen LogP contribution is 2.18. The number of unbranched alkanes of at least 4 members (excludes halogenated alkanes) is 1. The van der Waals surface area contributed by atoms with Gasteiger partial charge in [-0.1, -0.05) is 29.3 Å². The summed E-state index contributed by atoms with van der Waals surface area (Å²) in [7, 11) is 0. The van der Waals surface area contributed by atoms with E-state index in [1.54, 1.807) is 0 Å². The molecule has 3 nitrogen and oxygen atoms in total. The molecule has 0 amide bonds. The zero-order valence-electron chi connectivity index (χ0n) is 10.3. The third-order valence-electron chi connectivity index (χ3n) is 2.24. The first-order valence-electron chi connectivity index (χ1n) is 5.78. The van der Waals surface area contributed by atoms with Crippen molar-refractivity contribution in [3.05, 3.63) is 28.2 Å². The molecule has 0 heterocycles. The Bertz CT molecular complexity index is 359. The lowest BCUT2D eigenvalue weighted by Gasteiger charge is -2.08. The van der Waals surface area contributed by atoms with E-state index in [1.165, 1.54) is 0 Å². The Hall–Kier alpha value is -1.03. The van der Waals surface area contributed by atoms with Gasteiger partial charge in [0, 0.05) is 10.2 Å². The van der Waals surface area contributed by atoms with Gasteiger partial charge in [-0.3, -0.25) is 4.79 Å². The molecule has 0 unspecified atom stereocenters. The van der Waals surface area contributed by atoms with E-state index in [0.29, 0.717) is 6.61 Å². The molecule has 0 aliphatic heterocycles. The van der Waals surface area contributed by atoms with Gasteiger partial charge in [-0.15, -0.1) is 0 Å². The maximum Gasteiger partial charge on any atom is 0.325 e. The van der Waals surface area contributed by atoms with Crippen LogP contribution in [0.5, 0.6) is 0 Å². The zero-order chi connectivity index (χ0) is 12.7. The highest BCUT2D eigenvalue weighted by Gasteiger charge is 2.03. The summed E-state index contributed by atoms with van der Waals surface area (Å²) in [5.41, 5.74) is 2.06. The fourth-order valence-corrected chi connectivity index (χ4v) is 2.00. The molecular formula is C13H18BrNO2. The van der Waals surface area contributed by atoms with E-state index in [4.69, 9.17) is 4.74 Å². The lowest BCUT2D eigenvalue weighted by atomic mass is 10.2. The number of hydrogen-bond acceptors (Lipinski definition) is 3. The number of nitrogens with one attached hydrogen (secondary N) is 1. The summed E-state index contributed by atoms with van der Waals surface area (Å²) >= 11 is 3.42. The van der Waals surface area contributed by atoms with Crippen molar-refractivity contribution in [2.24, 2.45) is 0 Å². The van der Waals surface area contributed by atoms with Gasteiger partial charge >= 0.3 is 5.97 Å². The number of hydrogen-bond donors (Lipinski definition) is 1. The summed E-state index contributed by atoms with van der Waals surface area (Å²) in [6, 6.07) is 5.95. The number of aryl methyl sites for hydroxylation is 1. The van der Waals surface area contributed by atoms with E-state index >= 15 is 0 Å². The van der Waals surface area contributed by atoms with Crippen molar-refractivity contribution in [3.8, 4) is 0 Å². The molecule has 0 aliphatic rings. The molecule has 0 spiro atoms. The van der Waals surface area contributed by atoms with E-state index in [0.717, 1.165) is 28.6 Å². The van der Waals surface area contributed by atoms with Crippen LogP contribution < -0.4 is 5.32 Å². The topological polar surface area (TPSA) is 38.3 Å². The number of anilines is 1. The van der Waals surface area contributed by atoms with Crippen LogP contribution in [0.15, 0.2) is 22.7 Å². The van der Waals surface area contributed by atoms with Gasteiger partial charge in [-0.25, -0.2) is 0 Å². The molecular weight excluding hydrogens is 282 g/mol. The first-order valence-corrected chi connectivity index (χ1v) is 6.58. The molecule has 0 aromatic heterocycles. The van der Waals surface area contributed by atoms with Gasteiger partial charge in [0.15, 0.2) is 0 Å². The number of rotatable bonds is 6. The molecule has 0 aliphatic carbocycles. The third kappa shape index (κ3) is 5.73. The molecule has 0 radical (unpaired) electrons. The van der Waals surface area contributed by atoms with Crippen molar-refractivity contribution in [1.82, 2.24) is 0 Å². The van der Waals surface area contributed by atoms with Gasteiger partial charge in [-0.2, -0.15) is 0 Å². The van der Waals surface area contributed by atoms with Crippen molar-refractivity contribution in [2.75, 3.05) is 18.5 Å². The maximum absolute atomic E-state index is 11.4. The minimum atomic E-state index is -0.212. The van der Waals surface area contributed by atoms with Gasteiger partial charge < -0.3 is 10.1 Å². The first-order chi connectivity index (χ1) is 8.11. The summed E-state index contributed by atoms with van der Waals surface area (Å²) in [5, 5.41) is 3.05. The summed E-state index contributed by atoms with van der Waals surface area (Å²) in [4.78, 5) is 11.4. The van der Waals surface area contributed by atoms with Crippen LogP contribution in [0.25, 0.3) is 0 Å². The number of benzene rings is 1. The Morgan fingerprint density at radius 2 is 2.18 bits per heavy atom. The largest absolute Gasteiger partial charge is 0.464 e. The number of carbonyl (C=O) groups is 1. The number of halogens is 1. The smallest absolute Gasteiger partial charge is 0.325 e. The predicted octanol–water partition coefficient (Wildman–Crippen LogP) is 3.51. The lowest BCUT2D eigenvalue weighted by Crippen LogP contribution is -2.17. The average Bonchev–Trinajstić information content (AvgIpc) is 2.25. The molecule has 0 atom stereocenters. The summed E-state index contributed by atoms with van der Waals surface area (Å²) < 4.78 is 6.05. The maximum atomic E-state index is 11.4. The van der Waals surface area contributed by atoms with Crippen molar-refractivity contribution in [3.63, 3.8) is 0 Å². The van der Waals surface area contributed by atoms with Crippen molar-refractivity contribution < 1.29 is 9.53 Å². The van der Waals surface area contributed by atoms with Crippen LogP contribution in [0.1, 0.15) is 25.3 Å². The Morgan fingerprint density at radius 1 is 1.41 bits per heavy atom. The van der Waals surface area contributed by atoms with E-state index in [-0.39, 0.29) is 12.5 Å². The molecule has 94 valence electrons. The SMILES string of the molecule is CCCCOC(=O)CNc1cc(C)cc(Br)c1. The van der Waals surface area contributed by atoms with Gasteiger partial charge in [0.2, 0.25) is 0 Å². The van der Waals surface area contributed by atoms with Crippen LogP contribution >= 0.6 is 15.9 Å². The van der Waals surface area contributed by atoms with Crippen molar-refractivity contribution >= 4 is 27.6 Å². The molecule has 17 heavy (non-hydrogen) atoms. The molecule has 1 rings (SSSR count). The van der Waals surface area contributed by atoms with Crippen LogP contribution in [0.2, 0.25) is 0 Å². The Labute approximate surface area is 111 Å². The average molecular weight is 300 g/mol. The first kappa shape index (κ1) is 14.0. The molecule has 0 saturated carbocycles. The second kappa shape index (κ2) is 7.33. The van der Waals surface area contributed by atoms with Crippen LogP contribution in [-0.2, 0) is 9.53 Å². The fraction of sp³-hybridized carbons (Fsp3) is 0.462. The standard InChI is InChI=1S/C13H18BrNO2/c1-3-4-5-17-13(16)9-15-12-7-10(2)6-11(14)8-12/h6-8,15H,3-5,9H2,1-2H3. The minimum absolute atomic E-state index is 0.208. The number of carbonyl (C=O) groups excluding carboxylic acids is 1. The van der Waals surface area contributed by atoms with E-state index in [1.807, 2.05) is 25.1 Å². The van der Waals surface area contributed by atoms with E-state index < -0.39 is 0 Å². The minimum Gasteiger partial charge on any atom is -0.464 e. The quantitative estimate of drug-likeness (QED) is 0.645. The molecule has 1 N–H and O–H groups in total. The predicted molar refractivity (Wildman–Crippen MR) is 73.2 cm³/mol. The second-order valence-electron chi connectivity index (χ2n) is 3.94. The van der Waals surface area contributed by atoms with Gasteiger partial charge in [0.1, 0.15) is 6.54 Å². The Balaban J connectivity index is 2.36. The van der Waals surface area contributed by atoms with Crippen LogP contribution in [-0.4, -0.2) is 19.1 Å². The number of ether oxygens (including phenoxy) is 1. The molecule has 1 aromatic carbocycles. The number of esters is 1. The van der Waals surface area contributed by atoms with E-state index in [2.05, 4.69) is 28.2 Å². The second-order valence-corrected chi connectivity index (χ2v) is 4.86. The molecule has 0 fully saturated rings. The van der Waals surface area contributed by atoms with Crippen LogP contribution in [0, 0.1) is 6.92 Å². The third-order valence-corrected chi connectivity index (χ3v) is 2.70. The zero-order valence-corrected chi connectivity index (χ0v) is 11.8. The van der Waals surface area contributed by atoms with Crippen molar-refractivity contribution in [2.45, 2.75) is 26.7 Å². The highest BCUT2D eigenvalue weighted by molar-refractivity contribution is 9.10. The van der Waals surface area contributed by atoms with Crippen LogP contribution in [0.4, 0.5) is 5.69 Å². The Kier molecular flexibility index (Phi) is 6.05. The molecule has 0 saturated heterocycles. The van der Waals surface area contributed by atoms with Gasteiger partial charge in [-0.05, 0) is 37.1 Å². The normalized spacial score (nSPS) is 10.1. The molecule has 4 heteroatoms. The van der Waals surface area contributed by atoms with Crippen molar-refractivity contribution in [1.29, 1.82) is 0 Å².